The molecule has 2 heteroatoms. The molecule has 1 N–H and O–H groups in total. The molecule has 2 nitrogen and oxygen atoms in total. The zero-order valence-electron chi connectivity index (χ0n) is 10.9. The number of aliphatic hydroxyl groups excluding tert-OH is 1. The zero-order chi connectivity index (χ0) is 12.3. The first-order valence-electron chi connectivity index (χ1n) is 6.03. The number of hydrogen-bond donors (Lipinski definition) is 1. The van der Waals surface area contributed by atoms with E-state index in [4.69, 9.17) is 4.99 Å². The summed E-state index contributed by atoms with van der Waals surface area (Å²) < 4.78 is 0. The minimum Gasteiger partial charge on any atom is -0.513 e. The van der Waals surface area contributed by atoms with E-state index in [0.717, 1.165) is 25.0 Å². The van der Waals surface area contributed by atoms with Crippen LogP contribution in [0, 0.1) is 11.8 Å². The summed E-state index contributed by atoms with van der Waals surface area (Å²) in [6.45, 7) is 12.2. The van der Waals surface area contributed by atoms with E-state index in [9.17, 15) is 5.11 Å². The number of rotatable bonds is 3. The summed E-state index contributed by atoms with van der Waals surface area (Å²) in [5, 5.41) is 9.46. The SMILES string of the molecule is C=C(O)C1CCC(C)=C(N=C(C)C(C)C)C1. The van der Waals surface area contributed by atoms with Crippen LogP contribution >= 0.6 is 0 Å². The molecule has 0 aliphatic heterocycles. The molecule has 16 heavy (non-hydrogen) atoms. The lowest BCUT2D eigenvalue weighted by atomic mass is 9.87. The molecule has 0 spiro atoms. The Morgan fingerprint density at radius 2 is 2.12 bits per heavy atom. The highest BCUT2D eigenvalue weighted by atomic mass is 16.3. The quantitative estimate of drug-likeness (QED) is 0.561. The van der Waals surface area contributed by atoms with Gasteiger partial charge in [0, 0.05) is 17.3 Å². The normalized spacial score (nSPS) is 22.8. The molecule has 0 saturated carbocycles. The van der Waals surface area contributed by atoms with Crippen molar-refractivity contribution in [2.24, 2.45) is 16.8 Å². The second-order valence-corrected chi connectivity index (χ2v) is 5.07. The molecule has 1 rings (SSSR count). The van der Waals surface area contributed by atoms with Gasteiger partial charge in [-0.2, -0.15) is 0 Å². The number of aliphatic imine (C=N–C) groups is 1. The van der Waals surface area contributed by atoms with Gasteiger partial charge < -0.3 is 5.11 Å². The van der Waals surface area contributed by atoms with E-state index in [2.05, 4.69) is 34.3 Å². The Morgan fingerprint density at radius 1 is 1.50 bits per heavy atom. The van der Waals surface area contributed by atoms with Gasteiger partial charge >= 0.3 is 0 Å². The van der Waals surface area contributed by atoms with E-state index in [1.165, 1.54) is 11.3 Å². The maximum absolute atomic E-state index is 9.46. The van der Waals surface area contributed by atoms with E-state index >= 15 is 0 Å². The number of hydrogen-bond acceptors (Lipinski definition) is 2. The zero-order valence-corrected chi connectivity index (χ0v) is 10.9. The van der Waals surface area contributed by atoms with Crippen molar-refractivity contribution in [1.82, 2.24) is 0 Å². The molecule has 1 atom stereocenters. The van der Waals surface area contributed by atoms with Crippen molar-refractivity contribution in [2.45, 2.75) is 47.0 Å². The van der Waals surface area contributed by atoms with Gasteiger partial charge in [0.1, 0.15) is 0 Å². The molecule has 1 aliphatic rings. The third kappa shape index (κ3) is 3.22. The Labute approximate surface area is 98.8 Å². The predicted octanol–water partition coefficient (Wildman–Crippen LogP) is 4.25. The van der Waals surface area contributed by atoms with E-state index in [1.807, 2.05) is 0 Å². The van der Waals surface area contributed by atoms with Crippen molar-refractivity contribution >= 4 is 5.71 Å². The lowest BCUT2D eigenvalue weighted by molar-refractivity contribution is 0.312. The molecular formula is C14H23NO. The molecule has 0 amide bonds. The van der Waals surface area contributed by atoms with E-state index in [0.29, 0.717) is 11.7 Å². The minimum absolute atomic E-state index is 0.197. The van der Waals surface area contributed by atoms with Crippen LogP contribution in [0.1, 0.15) is 47.0 Å². The third-order valence-electron chi connectivity index (χ3n) is 3.42. The highest BCUT2D eigenvalue weighted by Gasteiger charge is 2.21. The Balaban J connectivity index is 2.85. The highest BCUT2D eigenvalue weighted by molar-refractivity contribution is 5.84. The average Bonchev–Trinajstić information content (AvgIpc) is 2.20. The maximum Gasteiger partial charge on any atom is 0.0885 e. The molecule has 1 unspecified atom stereocenters. The Morgan fingerprint density at radius 3 is 2.62 bits per heavy atom. The summed E-state index contributed by atoms with van der Waals surface area (Å²) in [5.41, 5.74) is 3.67. The van der Waals surface area contributed by atoms with Crippen molar-refractivity contribution in [2.75, 3.05) is 0 Å². The molecule has 0 aromatic carbocycles. The second-order valence-electron chi connectivity index (χ2n) is 5.07. The van der Waals surface area contributed by atoms with Crippen molar-refractivity contribution < 1.29 is 5.11 Å². The van der Waals surface area contributed by atoms with Crippen LogP contribution in [0.25, 0.3) is 0 Å². The van der Waals surface area contributed by atoms with E-state index < -0.39 is 0 Å². The number of aliphatic hydroxyl groups is 1. The average molecular weight is 221 g/mol. The topological polar surface area (TPSA) is 32.6 Å². The van der Waals surface area contributed by atoms with Crippen LogP contribution in [0.5, 0.6) is 0 Å². The lowest BCUT2D eigenvalue weighted by Gasteiger charge is -2.23. The third-order valence-corrected chi connectivity index (χ3v) is 3.42. The maximum atomic E-state index is 9.46. The Bertz CT molecular complexity index is 337. The van der Waals surface area contributed by atoms with Gasteiger partial charge in [0.15, 0.2) is 0 Å². The fraction of sp³-hybridized carbons (Fsp3) is 0.643. The van der Waals surface area contributed by atoms with Gasteiger partial charge in [0.25, 0.3) is 0 Å². The van der Waals surface area contributed by atoms with Crippen LogP contribution in [0.4, 0.5) is 0 Å². The molecule has 0 bridgehead atoms. The van der Waals surface area contributed by atoms with Crippen LogP contribution in [0.2, 0.25) is 0 Å². The standard InChI is InChI=1S/C14H23NO/c1-9(2)11(4)15-14-8-13(12(5)16)7-6-10(14)3/h9,13,16H,5-8H2,1-4H3. The largest absolute Gasteiger partial charge is 0.513 e. The molecular weight excluding hydrogens is 198 g/mol. The van der Waals surface area contributed by atoms with Crippen LogP contribution in [-0.2, 0) is 0 Å². The van der Waals surface area contributed by atoms with Gasteiger partial charge in [-0.3, -0.25) is 4.99 Å². The van der Waals surface area contributed by atoms with Gasteiger partial charge in [-0.15, -0.1) is 0 Å². The van der Waals surface area contributed by atoms with Crippen molar-refractivity contribution in [3.63, 3.8) is 0 Å². The molecule has 1 aliphatic carbocycles. The van der Waals surface area contributed by atoms with E-state index in [-0.39, 0.29) is 5.92 Å². The van der Waals surface area contributed by atoms with Crippen LogP contribution in [0.15, 0.2) is 28.6 Å². The van der Waals surface area contributed by atoms with Gasteiger partial charge in [0.2, 0.25) is 0 Å². The van der Waals surface area contributed by atoms with Gasteiger partial charge in [0.05, 0.1) is 5.76 Å². The summed E-state index contributed by atoms with van der Waals surface area (Å²) in [6.07, 6.45) is 2.86. The van der Waals surface area contributed by atoms with Crippen LogP contribution < -0.4 is 0 Å². The summed E-state index contributed by atoms with van der Waals surface area (Å²) in [5.74, 6) is 0.989. The number of nitrogens with zero attached hydrogens (tertiary/aromatic N) is 1. The first kappa shape index (κ1) is 13.0. The molecule has 0 saturated heterocycles. The van der Waals surface area contributed by atoms with Crippen molar-refractivity contribution in [3.8, 4) is 0 Å². The Hall–Kier alpha value is -1.05. The summed E-state index contributed by atoms with van der Waals surface area (Å²) in [6, 6.07) is 0. The number of allylic oxidation sites excluding steroid dienone is 3. The smallest absolute Gasteiger partial charge is 0.0885 e. The lowest BCUT2D eigenvalue weighted by Crippen LogP contribution is -2.12. The van der Waals surface area contributed by atoms with Gasteiger partial charge in [-0.05, 0) is 39.0 Å². The molecule has 0 aromatic rings. The first-order chi connectivity index (χ1) is 7.41. The van der Waals surface area contributed by atoms with Crippen molar-refractivity contribution in [3.05, 3.63) is 23.6 Å². The second kappa shape index (κ2) is 5.33. The molecule has 0 heterocycles. The first-order valence-corrected chi connectivity index (χ1v) is 6.03. The minimum atomic E-state index is 0.197. The van der Waals surface area contributed by atoms with Crippen LogP contribution in [0.3, 0.4) is 0 Å². The van der Waals surface area contributed by atoms with Gasteiger partial charge in [-0.25, -0.2) is 0 Å². The summed E-state index contributed by atoms with van der Waals surface area (Å²) >= 11 is 0. The van der Waals surface area contributed by atoms with Gasteiger partial charge in [-0.1, -0.05) is 26.0 Å². The Kier molecular flexibility index (Phi) is 4.34. The molecule has 0 aromatic heterocycles. The summed E-state index contributed by atoms with van der Waals surface area (Å²) in [7, 11) is 0. The fourth-order valence-corrected chi connectivity index (χ4v) is 1.81. The molecule has 0 fully saturated rings. The molecule has 90 valence electrons. The molecule has 0 radical (unpaired) electrons. The highest BCUT2D eigenvalue weighted by Crippen LogP contribution is 2.33. The summed E-state index contributed by atoms with van der Waals surface area (Å²) in [4.78, 5) is 4.69. The van der Waals surface area contributed by atoms with Crippen LogP contribution in [-0.4, -0.2) is 10.8 Å². The monoisotopic (exact) mass is 221 g/mol. The predicted molar refractivity (Wildman–Crippen MR) is 69.8 cm³/mol. The van der Waals surface area contributed by atoms with E-state index in [1.54, 1.807) is 0 Å². The fourth-order valence-electron chi connectivity index (χ4n) is 1.81. The van der Waals surface area contributed by atoms with Crippen molar-refractivity contribution in [1.29, 1.82) is 0 Å².